The van der Waals surface area contributed by atoms with Crippen LogP contribution in [-0.4, -0.2) is 39.2 Å². The Kier molecular flexibility index (Phi) is 6.09. The van der Waals surface area contributed by atoms with Crippen LogP contribution in [0, 0.1) is 0 Å². The van der Waals surface area contributed by atoms with Gasteiger partial charge in [-0.3, -0.25) is 4.79 Å². The molecule has 0 unspecified atom stereocenters. The van der Waals surface area contributed by atoms with Crippen LogP contribution in [0.3, 0.4) is 0 Å². The minimum absolute atomic E-state index is 0.0354. The third-order valence-corrected chi connectivity index (χ3v) is 5.53. The lowest BCUT2D eigenvalue weighted by Gasteiger charge is -2.04. The highest BCUT2D eigenvalue weighted by molar-refractivity contribution is 7.99. The zero-order valence-corrected chi connectivity index (χ0v) is 16.4. The van der Waals surface area contributed by atoms with Crippen LogP contribution < -0.4 is 16.0 Å². The van der Waals surface area contributed by atoms with Crippen molar-refractivity contribution in [2.75, 3.05) is 24.1 Å². The van der Waals surface area contributed by atoms with E-state index in [1.165, 1.54) is 16.4 Å². The summed E-state index contributed by atoms with van der Waals surface area (Å²) in [6.07, 6.45) is 0. The molecule has 140 valence electrons. The van der Waals surface area contributed by atoms with Crippen molar-refractivity contribution >= 4 is 40.5 Å². The van der Waals surface area contributed by atoms with Gasteiger partial charge in [-0.15, -0.1) is 21.5 Å². The molecule has 3 aromatic rings. The number of methoxy groups -OCH3 is 1. The number of rotatable bonds is 8. The van der Waals surface area contributed by atoms with Gasteiger partial charge in [0, 0.05) is 10.4 Å². The van der Waals surface area contributed by atoms with Gasteiger partial charge in [0.05, 0.1) is 18.6 Å². The Morgan fingerprint density at radius 2 is 2.11 bits per heavy atom. The third-order valence-electron chi connectivity index (χ3n) is 3.61. The van der Waals surface area contributed by atoms with Gasteiger partial charge in [0.2, 0.25) is 5.16 Å². The van der Waals surface area contributed by atoms with Crippen LogP contribution in [0.5, 0.6) is 5.75 Å². The van der Waals surface area contributed by atoms with Crippen molar-refractivity contribution in [2.45, 2.75) is 12.1 Å². The summed E-state index contributed by atoms with van der Waals surface area (Å²) in [7, 11) is 1.58. The Morgan fingerprint density at radius 3 is 2.78 bits per heavy atom. The molecular weight excluding hydrogens is 384 g/mol. The maximum atomic E-state index is 12.3. The van der Waals surface area contributed by atoms with E-state index < -0.39 is 0 Å². The van der Waals surface area contributed by atoms with E-state index in [0.29, 0.717) is 22.4 Å². The van der Waals surface area contributed by atoms with Gasteiger partial charge >= 0.3 is 0 Å². The number of hydrogen-bond acceptors (Lipinski definition) is 9. The van der Waals surface area contributed by atoms with Gasteiger partial charge < -0.3 is 10.6 Å². The Labute approximate surface area is 164 Å². The Morgan fingerprint density at radius 1 is 1.33 bits per heavy atom. The second kappa shape index (κ2) is 8.69. The minimum atomic E-state index is -0.0354. The number of benzene rings is 1. The SMILES string of the molecule is COc1ccc(C(=O)CSc2nnc(N/N=C(\C)c3cccs3)n2N)cc1. The molecule has 2 heterocycles. The fourth-order valence-electron chi connectivity index (χ4n) is 2.12. The Hall–Kier alpha value is -2.85. The summed E-state index contributed by atoms with van der Waals surface area (Å²) < 4.78 is 6.36. The fourth-order valence-corrected chi connectivity index (χ4v) is 3.54. The molecule has 27 heavy (non-hydrogen) atoms. The number of hydrogen-bond donors (Lipinski definition) is 2. The molecule has 0 amide bonds. The number of Topliss-reactive ketones (excluding diaryl/α,β-unsaturated/α-hetero) is 1. The normalized spacial score (nSPS) is 11.4. The third kappa shape index (κ3) is 4.66. The van der Waals surface area contributed by atoms with E-state index in [9.17, 15) is 4.79 Å². The number of nitrogens with zero attached hydrogens (tertiary/aromatic N) is 4. The first kappa shape index (κ1) is 18.9. The number of nitrogen functional groups attached to an aromatic ring is 1. The zero-order valence-electron chi connectivity index (χ0n) is 14.7. The standard InChI is InChI=1S/C17H18N6O2S2/c1-11(15-4-3-9-26-15)19-20-16-21-22-17(23(16)18)27-10-14(24)12-5-7-13(25-2)8-6-12/h3-9H,10,18H2,1-2H3,(H,20,21)/b19-11+. The number of nitrogens with two attached hydrogens (primary N) is 1. The van der Waals surface area contributed by atoms with E-state index >= 15 is 0 Å². The highest BCUT2D eigenvalue weighted by atomic mass is 32.2. The number of nitrogens with one attached hydrogen (secondary N) is 1. The number of ketones is 1. The van der Waals surface area contributed by atoms with E-state index in [1.54, 1.807) is 42.7 Å². The van der Waals surface area contributed by atoms with Crippen LogP contribution in [0.4, 0.5) is 5.95 Å². The molecule has 0 aliphatic carbocycles. The summed E-state index contributed by atoms with van der Waals surface area (Å²) in [5.41, 5.74) is 4.21. The van der Waals surface area contributed by atoms with Gasteiger partial charge in [0.1, 0.15) is 5.75 Å². The summed E-state index contributed by atoms with van der Waals surface area (Å²) in [6, 6.07) is 10.9. The molecule has 3 rings (SSSR count). The lowest BCUT2D eigenvalue weighted by molar-refractivity contribution is 0.102. The van der Waals surface area contributed by atoms with Gasteiger partial charge in [-0.05, 0) is 42.6 Å². The summed E-state index contributed by atoms with van der Waals surface area (Å²) in [5.74, 6) is 7.14. The van der Waals surface area contributed by atoms with Crippen molar-refractivity contribution < 1.29 is 9.53 Å². The summed E-state index contributed by atoms with van der Waals surface area (Å²) in [5, 5.41) is 14.6. The largest absolute Gasteiger partial charge is 0.497 e. The quantitative estimate of drug-likeness (QED) is 0.196. The van der Waals surface area contributed by atoms with E-state index in [0.717, 1.165) is 10.6 Å². The van der Waals surface area contributed by atoms with Gasteiger partial charge in [-0.25, -0.2) is 10.1 Å². The molecule has 0 bridgehead atoms. The molecule has 0 spiro atoms. The Balaban J connectivity index is 1.60. The summed E-state index contributed by atoms with van der Waals surface area (Å²) in [4.78, 5) is 13.3. The van der Waals surface area contributed by atoms with Crippen molar-refractivity contribution in [3.8, 4) is 5.75 Å². The van der Waals surface area contributed by atoms with Crippen molar-refractivity contribution in [1.29, 1.82) is 0 Å². The fraction of sp³-hybridized carbons (Fsp3) is 0.176. The molecule has 2 aromatic heterocycles. The minimum Gasteiger partial charge on any atom is -0.497 e. The van der Waals surface area contributed by atoms with Crippen molar-refractivity contribution in [3.63, 3.8) is 0 Å². The van der Waals surface area contributed by atoms with Gasteiger partial charge in [0.25, 0.3) is 5.95 Å². The number of carbonyl (C=O) groups excluding carboxylic acids is 1. The highest BCUT2D eigenvalue weighted by Crippen LogP contribution is 2.19. The second-order valence-electron chi connectivity index (χ2n) is 5.40. The first-order chi connectivity index (χ1) is 13.1. The molecule has 0 fully saturated rings. The summed E-state index contributed by atoms with van der Waals surface area (Å²) in [6.45, 7) is 1.89. The molecule has 1 aromatic carbocycles. The molecule has 0 atom stereocenters. The molecule has 8 nitrogen and oxygen atoms in total. The van der Waals surface area contributed by atoms with Gasteiger partial charge in [-0.1, -0.05) is 17.8 Å². The van der Waals surface area contributed by atoms with Gasteiger partial charge in [-0.2, -0.15) is 5.10 Å². The van der Waals surface area contributed by atoms with Crippen LogP contribution in [0.25, 0.3) is 0 Å². The van der Waals surface area contributed by atoms with E-state index in [4.69, 9.17) is 10.6 Å². The van der Waals surface area contributed by atoms with Crippen molar-refractivity contribution in [1.82, 2.24) is 14.9 Å². The Bertz CT molecular complexity index is 935. The number of ether oxygens (including phenoxy) is 1. The van der Waals surface area contributed by atoms with Crippen LogP contribution >= 0.6 is 23.1 Å². The monoisotopic (exact) mass is 402 g/mol. The van der Waals surface area contributed by atoms with Gasteiger partial charge in [0.15, 0.2) is 5.78 Å². The maximum absolute atomic E-state index is 12.3. The molecular formula is C17H18N6O2S2. The topological polar surface area (TPSA) is 107 Å². The van der Waals surface area contributed by atoms with Crippen LogP contribution in [0.15, 0.2) is 52.0 Å². The lowest BCUT2D eigenvalue weighted by Crippen LogP contribution is -2.14. The number of thioether (sulfide) groups is 1. The average molecular weight is 403 g/mol. The molecule has 0 radical (unpaired) electrons. The molecule has 0 saturated heterocycles. The van der Waals surface area contributed by atoms with Crippen LogP contribution in [0.1, 0.15) is 22.2 Å². The van der Waals surface area contributed by atoms with E-state index in [-0.39, 0.29) is 11.5 Å². The first-order valence-electron chi connectivity index (χ1n) is 7.93. The number of thiophene rings is 1. The average Bonchev–Trinajstić information content (AvgIpc) is 3.35. The van der Waals surface area contributed by atoms with Crippen LogP contribution in [0.2, 0.25) is 0 Å². The number of hydrazone groups is 1. The number of aromatic nitrogens is 3. The molecule has 0 aliphatic heterocycles. The number of anilines is 1. The second-order valence-corrected chi connectivity index (χ2v) is 7.29. The molecule has 3 N–H and O–H groups in total. The predicted molar refractivity (Wildman–Crippen MR) is 108 cm³/mol. The zero-order chi connectivity index (χ0) is 19.2. The smallest absolute Gasteiger partial charge is 0.264 e. The maximum Gasteiger partial charge on any atom is 0.264 e. The number of carbonyl (C=O) groups is 1. The predicted octanol–water partition coefficient (Wildman–Crippen LogP) is 2.87. The summed E-state index contributed by atoms with van der Waals surface area (Å²) >= 11 is 2.80. The van der Waals surface area contributed by atoms with Crippen molar-refractivity contribution in [2.24, 2.45) is 5.10 Å². The molecule has 0 aliphatic rings. The first-order valence-corrected chi connectivity index (χ1v) is 9.79. The van der Waals surface area contributed by atoms with E-state index in [1.807, 2.05) is 24.4 Å². The highest BCUT2D eigenvalue weighted by Gasteiger charge is 2.13. The molecule has 10 heteroatoms. The van der Waals surface area contributed by atoms with E-state index in [2.05, 4.69) is 20.7 Å². The van der Waals surface area contributed by atoms with Crippen molar-refractivity contribution in [3.05, 3.63) is 52.2 Å². The van der Waals surface area contributed by atoms with Crippen LogP contribution in [-0.2, 0) is 0 Å². The lowest BCUT2D eigenvalue weighted by atomic mass is 10.1. The molecule has 0 saturated carbocycles.